The number of hydroxylamine groups is 2. The summed E-state index contributed by atoms with van der Waals surface area (Å²) in [5, 5.41) is 34.3. The van der Waals surface area contributed by atoms with Crippen LogP contribution < -0.4 is 53.6 Å². The SMILES string of the molecule is COCCCC(=O)NCCSc1cc2nc(c1)CN[C@@H]1CCCC[C@H]1NCCN[C@@H]1CCCC[C@H]1NC2.NCCSc1cc2nc(c1)CN[C@@H]1CCCC[C@H]1NCCN[C@@H]1CCCC[C@H]1NC2.O=CON1C(=O)CCC1=O.[Cl][Mn][Cl].[Cl][Mn][Cl]. The molecule has 9 rings (SSSR count). The number of amides is 3. The van der Waals surface area contributed by atoms with Crippen molar-refractivity contribution in [2.24, 2.45) is 5.73 Å². The summed E-state index contributed by atoms with van der Waals surface area (Å²) >= 11 is 3.66. The summed E-state index contributed by atoms with van der Waals surface area (Å²) < 4.78 is 5.04. The predicted molar refractivity (Wildman–Crippen MR) is 328 cm³/mol. The Kier molecular flexibility index (Phi) is 38.8. The number of imide groups is 1. The Morgan fingerprint density at radius 1 is 0.602 bits per heavy atom. The van der Waals surface area contributed by atoms with Crippen LogP contribution in [0.2, 0.25) is 0 Å². The Morgan fingerprint density at radius 3 is 1.24 bits per heavy atom. The second kappa shape index (κ2) is 44.3. The van der Waals surface area contributed by atoms with Gasteiger partial charge in [0, 0.05) is 168 Å². The van der Waals surface area contributed by atoms with E-state index in [1.807, 2.05) is 11.8 Å². The normalized spacial score (nSPS) is 26.0. The molecule has 2 aromatic rings. The molecule has 0 unspecified atom stereocenters. The van der Waals surface area contributed by atoms with E-state index in [-0.39, 0.29) is 51.5 Å². The number of rotatable bonds is 13. The summed E-state index contributed by atoms with van der Waals surface area (Å²) in [6, 6.07) is 13.2. The van der Waals surface area contributed by atoms with Crippen LogP contribution in [0.25, 0.3) is 0 Å². The molecule has 2 aromatic heterocycles. The van der Waals surface area contributed by atoms with Gasteiger partial charge >= 0.3 is 73.1 Å². The molecule has 3 amide bonds. The van der Waals surface area contributed by atoms with Gasteiger partial charge in [0.15, 0.2) is 0 Å². The fourth-order valence-electron chi connectivity index (χ4n) is 11.9. The van der Waals surface area contributed by atoms with E-state index in [0.29, 0.717) is 79.5 Å². The summed E-state index contributed by atoms with van der Waals surface area (Å²) in [7, 11) is 20.8. The molecule has 4 bridgehead atoms. The number of ether oxygens (including phenoxy) is 1. The second-order valence-electron chi connectivity index (χ2n) is 21.7. The summed E-state index contributed by atoms with van der Waals surface area (Å²) in [6.45, 7) is 9.51. The molecule has 8 atom stereocenters. The fourth-order valence-corrected chi connectivity index (χ4v) is 13.6. The molecule has 4 aliphatic carbocycles. The van der Waals surface area contributed by atoms with Gasteiger partial charge in [0.2, 0.25) is 5.91 Å². The average molecular weight is 1360 g/mol. The first kappa shape index (κ1) is 72.6. The number of carbonyl (C=O) groups excluding carboxylic acids is 4. The standard InChI is InChI=1S/C28H48N6O2S.C23H40N6S.C5H5NO4.4ClH.2Mn/c1-36-15-6-11-28(35)31-14-16-37-23-17-21-19-32-26-9-4-2-7-24(26)29-12-13-30-25-8-3-5-10-27(25)33-20-22(18-23)34-21;24-9-12-30-19-13-17-15-27-22-7-3-1-5-20(22)25-10-11-26-21-6-2-4-8-23(21)28-16-18(14-19)29-17;7-3-10-6-4(8)1-2-5(6)9;;;;;;/h17-18,24-27,29-30,32-33H,2-16,19-20H2,1H3,(H,31,35);13-14,20-23,25-28H,1-12,15-16,24H2;3H,1-2H2;4*1H;;/q;;;;;;;2*+2/p-4/t24-,25-,26-,27-;20-,21-,22-,23-;;;;;;;/m11......./s1. The monoisotopic (exact) mass is 1360 g/mol. The van der Waals surface area contributed by atoms with Crippen molar-refractivity contribution in [3.8, 4) is 0 Å². The summed E-state index contributed by atoms with van der Waals surface area (Å²) in [5.74, 6) is 0.982. The Balaban J connectivity index is 0.000000243. The molecule has 1 saturated heterocycles. The molecular weight excluding hydrogens is 1270 g/mol. The number of aromatic nitrogens is 2. The van der Waals surface area contributed by atoms with Crippen LogP contribution >= 0.6 is 63.9 Å². The zero-order chi connectivity index (χ0) is 59.3. The summed E-state index contributed by atoms with van der Waals surface area (Å²) in [5.41, 5.74) is 10.3. The van der Waals surface area contributed by atoms with E-state index in [1.165, 1.54) is 113 Å². The zero-order valence-electron chi connectivity index (χ0n) is 48.3. The molecule has 7 aliphatic rings. The third kappa shape index (κ3) is 28.5. The first-order chi connectivity index (χ1) is 40.6. The number of carbonyl (C=O) groups is 4. The fraction of sp³-hybridized carbons (Fsp3) is 0.750. The van der Waals surface area contributed by atoms with Crippen molar-refractivity contribution in [3.63, 3.8) is 0 Å². The predicted octanol–water partition coefficient (Wildman–Crippen LogP) is 6.81. The number of pyridine rings is 2. The summed E-state index contributed by atoms with van der Waals surface area (Å²) in [6.07, 6.45) is 22.1. The van der Waals surface area contributed by atoms with Crippen LogP contribution in [0.4, 0.5) is 0 Å². The molecule has 0 aromatic carbocycles. The number of fused-ring (bicyclic) bond motifs is 8. The van der Waals surface area contributed by atoms with Gasteiger partial charge in [-0.05, 0) is 82.1 Å². The van der Waals surface area contributed by atoms with Crippen LogP contribution in [0.15, 0.2) is 34.1 Å². The summed E-state index contributed by atoms with van der Waals surface area (Å²) in [4.78, 5) is 59.6. The van der Waals surface area contributed by atoms with Crippen molar-refractivity contribution in [3.05, 3.63) is 47.0 Å². The van der Waals surface area contributed by atoms with E-state index in [1.54, 1.807) is 18.9 Å². The molecule has 4 saturated carbocycles. The topological polar surface area (TPSA) is 250 Å². The van der Waals surface area contributed by atoms with Gasteiger partial charge in [-0.2, -0.15) is 0 Å². The molecule has 0 radical (unpaired) electrons. The Labute approximate surface area is 532 Å². The quantitative estimate of drug-likeness (QED) is 0.0325. The molecule has 27 heteroatoms. The van der Waals surface area contributed by atoms with Gasteiger partial charge in [-0.1, -0.05) is 51.4 Å². The molecular formula is C56H93Cl4Mn2N13O6S2. The van der Waals surface area contributed by atoms with Crippen molar-refractivity contribution >= 4 is 88.1 Å². The van der Waals surface area contributed by atoms with Crippen molar-refractivity contribution in [1.29, 1.82) is 0 Å². The third-order valence-electron chi connectivity index (χ3n) is 15.9. The van der Waals surface area contributed by atoms with E-state index >= 15 is 0 Å². The number of nitrogens with two attached hydrogens (primary N) is 1. The van der Waals surface area contributed by atoms with Crippen molar-refractivity contribution < 1.29 is 55.0 Å². The van der Waals surface area contributed by atoms with Crippen LogP contribution in [-0.4, -0.2) is 152 Å². The van der Waals surface area contributed by atoms with E-state index in [4.69, 9.17) is 60.8 Å². The molecule has 11 N–H and O–H groups in total. The van der Waals surface area contributed by atoms with E-state index < -0.39 is 11.8 Å². The first-order valence-electron chi connectivity index (χ1n) is 29.9. The van der Waals surface area contributed by atoms with E-state index in [9.17, 15) is 19.2 Å². The maximum absolute atomic E-state index is 12.0. The van der Waals surface area contributed by atoms with Crippen molar-refractivity contribution in [2.45, 2.75) is 213 Å². The Morgan fingerprint density at radius 2 is 0.928 bits per heavy atom. The molecule has 5 heterocycles. The van der Waals surface area contributed by atoms with E-state index in [2.05, 4.69) is 77.0 Å². The molecule has 83 heavy (non-hydrogen) atoms. The average Bonchev–Trinajstić information content (AvgIpc) is 3.92. The van der Waals surface area contributed by atoms with Gasteiger partial charge in [0.1, 0.15) is 0 Å². The first-order valence-corrected chi connectivity index (χ1v) is 38.4. The number of hydrogen-bond donors (Lipinski definition) is 10. The Hall–Kier alpha value is -1.12. The van der Waals surface area contributed by atoms with Crippen LogP contribution in [0.3, 0.4) is 0 Å². The van der Waals surface area contributed by atoms with Gasteiger partial charge in [-0.3, -0.25) is 29.1 Å². The molecule has 472 valence electrons. The number of nitrogens with zero attached hydrogens (tertiary/aromatic N) is 3. The number of halogens is 4. The maximum atomic E-state index is 12.0. The zero-order valence-corrected chi connectivity index (χ0v) is 55.3. The van der Waals surface area contributed by atoms with Gasteiger partial charge in [0.25, 0.3) is 11.8 Å². The molecule has 0 spiro atoms. The van der Waals surface area contributed by atoms with Crippen molar-refractivity contribution in [1.82, 2.24) is 62.9 Å². The number of methoxy groups -OCH3 is 1. The molecule has 5 fully saturated rings. The van der Waals surface area contributed by atoms with Crippen LogP contribution in [0.1, 0.15) is 151 Å². The van der Waals surface area contributed by atoms with Gasteiger partial charge in [-0.25, -0.2) is 0 Å². The van der Waals surface area contributed by atoms with Gasteiger partial charge in [-0.15, -0.1) is 28.6 Å². The number of hydrogen-bond acceptors (Lipinski definition) is 19. The van der Waals surface area contributed by atoms with Gasteiger partial charge < -0.3 is 63.2 Å². The van der Waals surface area contributed by atoms with Crippen LogP contribution in [0, 0.1) is 0 Å². The van der Waals surface area contributed by atoms with Crippen LogP contribution in [0.5, 0.6) is 0 Å². The van der Waals surface area contributed by atoms with Crippen molar-refractivity contribution in [2.75, 3.05) is 64.5 Å². The number of thioether (sulfide) groups is 2. The van der Waals surface area contributed by atoms with Crippen LogP contribution in [-0.2, 0) is 81.2 Å². The second-order valence-corrected chi connectivity index (χ2v) is 28.0. The number of nitrogens with one attached hydrogen (secondary N) is 9. The van der Waals surface area contributed by atoms with Gasteiger partial charge in [0.05, 0.1) is 22.8 Å². The molecule has 3 aliphatic heterocycles. The third-order valence-corrected chi connectivity index (χ3v) is 17.9. The minimum atomic E-state index is -0.461. The minimum absolute atomic E-state index is 0.00694. The molecule has 19 nitrogen and oxygen atoms in total. The van der Waals surface area contributed by atoms with E-state index in [0.717, 1.165) is 93.1 Å². The Bertz CT molecular complexity index is 2050.